The molecule has 0 amide bonds. The van der Waals surface area contributed by atoms with E-state index in [1.54, 1.807) is 0 Å². The summed E-state index contributed by atoms with van der Waals surface area (Å²) in [6.45, 7) is 0. The van der Waals surface area contributed by atoms with Gasteiger partial charge in [0.15, 0.2) is 0 Å². The van der Waals surface area contributed by atoms with Crippen LogP contribution in [0.3, 0.4) is 0 Å². The number of nitrogens with two attached hydrogens (primary N) is 1. The first-order chi connectivity index (χ1) is 14.2. The lowest BCUT2D eigenvalue weighted by Gasteiger charge is -2.16. The van der Waals surface area contributed by atoms with E-state index in [0.29, 0.717) is 0 Å². The van der Waals surface area contributed by atoms with E-state index in [2.05, 4.69) is 10.3 Å². The highest BCUT2D eigenvalue weighted by Crippen LogP contribution is 2.26. The van der Waals surface area contributed by atoms with Gasteiger partial charge >= 0.3 is 11.9 Å². The van der Waals surface area contributed by atoms with Crippen LogP contribution in [-0.2, 0) is 4.79 Å². The Bertz CT molecular complexity index is 1180. The highest BCUT2D eigenvalue weighted by Gasteiger charge is 2.19. The van der Waals surface area contributed by atoms with Crippen LogP contribution in [0, 0.1) is 0 Å². The molecular formula is C20H15N3O7. The van der Waals surface area contributed by atoms with E-state index in [0.717, 1.165) is 18.2 Å². The molecule has 0 radical (unpaired) electrons. The van der Waals surface area contributed by atoms with E-state index in [4.69, 9.17) is 15.9 Å². The third-order valence-corrected chi connectivity index (χ3v) is 4.10. The van der Waals surface area contributed by atoms with Crippen LogP contribution >= 0.6 is 0 Å². The zero-order valence-corrected chi connectivity index (χ0v) is 15.2. The summed E-state index contributed by atoms with van der Waals surface area (Å²) in [4.78, 5) is 38.7. The van der Waals surface area contributed by atoms with Crippen molar-refractivity contribution >= 4 is 34.8 Å². The van der Waals surface area contributed by atoms with Crippen LogP contribution in [0.2, 0.25) is 0 Å². The van der Waals surface area contributed by atoms with Gasteiger partial charge in [-0.1, -0.05) is 0 Å². The summed E-state index contributed by atoms with van der Waals surface area (Å²) >= 11 is 0. The number of aliphatic imine (C=N–C) groups is 1. The molecule has 10 heteroatoms. The minimum absolute atomic E-state index is 0.0583. The lowest BCUT2D eigenvalue weighted by Crippen LogP contribution is -2.22. The van der Waals surface area contributed by atoms with Crippen LogP contribution in [0.1, 0.15) is 20.7 Å². The Morgan fingerprint density at radius 1 is 0.900 bits per heavy atom. The fourth-order valence-corrected chi connectivity index (χ4v) is 2.62. The quantitative estimate of drug-likeness (QED) is 0.317. The SMILES string of the molecule is NC1=CC(=Nc2ccc(O)c(C(=O)O)c2)C(=O)C=C1Nc1ccc(O)c(C(=O)O)c1. The maximum Gasteiger partial charge on any atom is 0.339 e. The van der Waals surface area contributed by atoms with Gasteiger partial charge in [-0.2, -0.15) is 0 Å². The van der Waals surface area contributed by atoms with E-state index >= 15 is 0 Å². The number of rotatable bonds is 5. The van der Waals surface area contributed by atoms with Crippen LogP contribution in [0.4, 0.5) is 11.4 Å². The number of hydrogen-bond acceptors (Lipinski definition) is 8. The number of carboxylic acids is 2. The van der Waals surface area contributed by atoms with Crippen molar-refractivity contribution < 1.29 is 34.8 Å². The lowest BCUT2D eigenvalue weighted by atomic mass is 10.0. The monoisotopic (exact) mass is 409 g/mol. The number of carbonyl (C=O) groups excluding carboxylic acids is 1. The number of hydrogen-bond donors (Lipinski definition) is 6. The molecule has 0 bridgehead atoms. The lowest BCUT2D eigenvalue weighted by molar-refractivity contribution is -0.108. The molecule has 152 valence electrons. The van der Waals surface area contributed by atoms with Gasteiger partial charge in [0.2, 0.25) is 5.78 Å². The molecule has 0 aromatic heterocycles. The number of carbonyl (C=O) groups is 3. The highest BCUT2D eigenvalue weighted by molar-refractivity contribution is 6.49. The number of anilines is 1. The van der Waals surface area contributed by atoms with Crippen LogP contribution in [0.15, 0.2) is 64.9 Å². The van der Waals surface area contributed by atoms with Crippen molar-refractivity contribution in [3.05, 3.63) is 71.1 Å². The van der Waals surface area contributed by atoms with Gasteiger partial charge in [0.1, 0.15) is 28.3 Å². The summed E-state index contributed by atoms with van der Waals surface area (Å²) in [6.07, 6.45) is 2.43. The Morgan fingerprint density at radius 2 is 1.50 bits per heavy atom. The second-order valence-electron chi connectivity index (χ2n) is 6.19. The number of ketones is 1. The molecule has 0 atom stereocenters. The number of aromatic carboxylic acids is 2. The van der Waals surface area contributed by atoms with Gasteiger partial charge in [-0.3, -0.25) is 4.79 Å². The van der Waals surface area contributed by atoms with Gasteiger partial charge < -0.3 is 31.5 Å². The second kappa shape index (κ2) is 7.80. The summed E-state index contributed by atoms with van der Waals surface area (Å²) in [5.74, 6) is -4.04. The van der Waals surface area contributed by atoms with Crippen molar-refractivity contribution in [1.82, 2.24) is 0 Å². The molecule has 2 aromatic rings. The zero-order chi connectivity index (χ0) is 22.0. The maximum absolute atomic E-state index is 12.4. The number of carboxylic acid groups (broad SMARTS) is 2. The predicted octanol–water partition coefficient (Wildman–Crippen LogP) is 1.99. The second-order valence-corrected chi connectivity index (χ2v) is 6.19. The zero-order valence-electron chi connectivity index (χ0n) is 15.2. The normalized spacial score (nSPS) is 14.8. The molecule has 0 saturated heterocycles. The smallest absolute Gasteiger partial charge is 0.339 e. The Hall–Kier alpha value is -4.60. The molecule has 7 N–H and O–H groups in total. The van der Waals surface area contributed by atoms with E-state index in [1.807, 2.05) is 0 Å². The van der Waals surface area contributed by atoms with Crippen LogP contribution in [-0.4, -0.2) is 43.9 Å². The summed E-state index contributed by atoms with van der Waals surface area (Å²) in [6, 6.07) is 7.39. The van der Waals surface area contributed by atoms with Crippen molar-refractivity contribution in [2.75, 3.05) is 5.32 Å². The fourth-order valence-electron chi connectivity index (χ4n) is 2.62. The minimum atomic E-state index is -1.35. The van der Waals surface area contributed by atoms with E-state index in [1.165, 1.54) is 30.3 Å². The van der Waals surface area contributed by atoms with Crippen molar-refractivity contribution in [1.29, 1.82) is 0 Å². The number of phenols is 2. The molecule has 0 aliphatic heterocycles. The number of aromatic hydroxyl groups is 2. The Kier molecular flexibility index (Phi) is 5.23. The molecule has 1 aliphatic rings. The van der Waals surface area contributed by atoms with Gasteiger partial charge in [-0.25, -0.2) is 14.6 Å². The predicted molar refractivity (Wildman–Crippen MR) is 106 cm³/mol. The first-order valence-corrected chi connectivity index (χ1v) is 8.37. The highest BCUT2D eigenvalue weighted by atomic mass is 16.4. The standard InChI is InChI=1S/C20H15N3O7/c21-13-7-15(23-10-2-4-17(25)12(6-10)20(29)30)18(26)8-14(13)22-9-1-3-16(24)11(5-9)19(27)28/h1-8,22,24-25H,21H2,(H,27,28)(H,29,30). The average molecular weight is 409 g/mol. The molecule has 0 unspecified atom stereocenters. The number of allylic oxidation sites excluding steroid dienone is 2. The largest absolute Gasteiger partial charge is 0.507 e. The van der Waals surface area contributed by atoms with Gasteiger partial charge in [-0.15, -0.1) is 0 Å². The van der Waals surface area contributed by atoms with Crippen LogP contribution in [0.5, 0.6) is 11.5 Å². The molecule has 3 rings (SSSR count). The van der Waals surface area contributed by atoms with E-state index in [9.17, 15) is 24.6 Å². The van der Waals surface area contributed by atoms with Crippen molar-refractivity contribution in [3.63, 3.8) is 0 Å². The van der Waals surface area contributed by atoms with Gasteiger partial charge in [0.05, 0.1) is 17.1 Å². The number of nitrogens with one attached hydrogen (secondary N) is 1. The third-order valence-electron chi connectivity index (χ3n) is 4.10. The summed E-state index contributed by atoms with van der Waals surface area (Å²) < 4.78 is 0. The summed E-state index contributed by atoms with van der Waals surface area (Å²) in [7, 11) is 0. The van der Waals surface area contributed by atoms with Gasteiger partial charge in [0, 0.05) is 11.8 Å². The number of benzene rings is 2. The Morgan fingerprint density at radius 3 is 2.13 bits per heavy atom. The van der Waals surface area contributed by atoms with Crippen molar-refractivity contribution in [3.8, 4) is 11.5 Å². The molecule has 2 aromatic carbocycles. The summed E-state index contributed by atoms with van der Waals surface area (Å²) in [5.41, 5.74) is 5.94. The Balaban J connectivity index is 1.88. The maximum atomic E-state index is 12.4. The molecule has 10 nitrogen and oxygen atoms in total. The first kappa shape index (κ1) is 20.1. The summed E-state index contributed by atoms with van der Waals surface area (Å²) in [5, 5.41) is 40.1. The molecule has 1 aliphatic carbocycles. The topological polar surface area (TPSA) is 183 Å². The molecule has 30 heavy (non-hydrogen) atoms. The van der Waals surface area contributed by atoms with Crippen LogP contribution < -0.4 is 11.1 Å². The van der Waals surface area contributed by atoms with Crippen molar-refractivity contribution in [2.24, 2.45) is 10.7 Å². The van der Waals surface area contributed by atoms with Gasteiger partial charge in [0.25, 0.3) is 0 Å². The van der Waals surface area contributed by atoms with Crippen molar-refractivity contribution in [2.45, 2.75) is 0 Å². The van der Waals surface area contributed by atoms with E-state index < -0.39 is 29.2 Å². The molecule has 0 fully saturated rings. The van der Waals surface area contributed by atoms with E-state index in [-0.39, 0.29) is 39.6 Å². The van der Waals surface area contributed by atoms with Gasteiger partial charge in [-0.05, 0) is 42.5 Å². The molecular weight excluding hydrogens is 394 g/mol. The minimum Gasteiger partial charge on any atom is -0.507 e. The third kappa shape index (κ3) is 4.12. The van der Waals surface area contributed by atoms with Crippen LogP contribution in [0.25, 0.3) is 0 Å². The molecule has 0 saturated carbocycles. The Labute approximate surface area is 168 Å². The number of nitrogens with zero attached hydrogens (tertiary/aromatic N) is 1. The fraction of sp³-hybridized carbons (Fsp3) is 0. The first-order valence-electron chi connectivity index (χ1n) is 8.37. The molecule has 0 heterocycles. The average Bonchev–Trinajstić information content (AvgIpc) is 2.68. The molecule has 0 spiro atoms.